The molecule has 4 atom stereocenters. The molecule has 0 aromatic heterocycles. The van der Waals surface area contributed by atoms with Gasteiger partial charge in [-0.1, -0.05) is 87.7 Å². The summed E-state index contributed by atoms with van der Waals surface area (Å²) in [6.07, 6.45) is 52.5. The van der Waals surface area contributed by atoms with Gasteiger partial charge in [0.15, 0.2) is 0 Å². The lowest BCUT2D eigenvalue weighted by atomic mass is 9.48. The van der Waals surface area contributed by atoms with Crippen LogP contribution in [0.4, 0.5) is 70.2 Å². The quantitative estimate of drug-likeness (QED) is 0.0585. The van der Waals surface area contributed by atoms with Crippen LogP contribution in [0.5, 0.6) is 0 Å². The highest BCUT2D eigenvalue weighted by atomic mass is 19.3. The minimum atomic E-state index is -3.41. The summed E-state index contributed by atoms with van der Waals surface area (Å²) in [5.74, 6) is -5.66. The monoisotopic (exact) mass is 1860 g/mol. The fourth-order valence-corrected chi connectivity index (χ4v) is 36.7. The molecule has 7 nitrogen and oxygen atoms in total. The van der Waals surface area contributed by atoms with Crippen LogP contribution in [0.1, 0.15) is 372 Å². The molecule has 4 unspecified atom stereocenters. The Hall–Kier alpha value is -1.40. The molecule has 0 spiro atoms. The van der Waals surface area contributed by atoms with Gasteiger partial charge in [0.05, 0.1) is 12.8 Å². The predicted molar refractivity (Wildman–Crippen MR) is 492 cm³/mol. The maximum atomic E-state index is 13.7. The van der Waals surface area contributed by atoms with Crippen LogP contribution in [0.15, 0.2) is 0 Å². The van der Waals surface area contributed by atoms with Gasteiger partial charge in [-0.25, -0.2) is 70.2 Å². The number of alkyl halides is 16. The second kappa shape index (κ2) is 39.8. The smallest absolute Gasteiger partial charge is 0.251 e. The minimum absolute atomic E-state index is 0.0690. The number of hydrogen-bond donors (Lipinski definition) is 0. The van der Waals surface area contributed by atoms with Crippen LogP contribution < -0.4 is 0 Å². The van der Waals surface area contributed by atoms with Crippen LogP contribution in [-0.2, 0) is 0 Å². The standard InChI is InChI=1S/C17H26F4N.C16H24F4N.C16H26F2N.2C15H24F2N.C14H22F2N.C14H24N/c1-11(22-10-17(20,21)9-15(2,18)19)16-6-12-3-13(7-16)5-14(4-12)8-16;1-14(17,18)8-16(19,20)10-21-9-15-5-11-2-12(6-15)4-13(3-11)7-15;1-3-16(17,18)10-19-11(2)15-7-12-4-13(8-15)6-14(5-12)9-15;1-10(18-9-14(2,16)17)15-6-11-3-12(7-15)5-13(4-11)8-15;1-2-15(16,17)10-18-9-14-6-11-3-12(7-14)5-13(4-11)8-14;1-13(15,16)8-17-9-14-5-10-2-11(6-14)4-12(3-10)7-14;1-3-15-10(2)14-7-11-4-12(8-14)6-13(5-11)9-14/h11-14H,3-10H2,1-2H3;11-13H,2-10H2,1H3;11-14H,3-10H2,1-2H3;10-13H,3-9H2,1-2H3;11-13H,2-10H2,1H3;10-12H,2-9H2,1H3;10-13H,3-9H2,1-2H3/q7*-1. The van der Waals surface area contributed by atoms with E-state index in [4.69, 9.17) is 5.32 Å². The van der Waals surface area contributed by atoms with Crippen LogP contribution in [0.25, 0.3) is 37.2 Å². The summed E-state index contributed by atoms with van der Waals surface area (Å²) in [7, 11) is 0. The molecule has 0 N–H and O–H groups in total. The molecular weight excluding hydrogens is 1690 g/mol. The maximum Gasteiger partial charge on any atom is 0.251 e. The third-order valence-electron chi connectivity index (χ3n) is 39.3. The van der Waals surface area contributed by atoms with Gasteiger partial charge in [-0.2, -0.15) is 6.54 Å². The number of rotatable bonds is 33. The molecule has 0 heterocycles. The Morgan fingerprint density at radius 3 is 0.585 bits per heavy atom. The van der Waals surface area contributed by atoms with Crippen molar-refractivity contribution in [3.63, 3.8) is 0 Å². The van der Waals surface area contributed by atoms with Crippen LogP contribution in [0.2, 0.25) is 0 Å². The zero-order chi connectivity index (χ0) is 93.5. The van der Waals surface area contributed by atoms with Crippen LogP contribution in [-0.4, -0.2) is 137 Å². The summed E-state index contributed by atoms with van der Waals surface area (Å²) in [5, 5.41) is 30.2. The van der Waals surface area contributed by atoms with Crippen LogP contribution in [0.3, 0.4) is 0 Å². The maximum absolute atomic E-state index is 13.7. The molecule has 752 valence electrons. The van der Waals surface area contributed by atoms with Crippen LogP contribution >= 0.6 is 0 Å². The third kappa shape index (κ3) is 26.5. The van der Waals surface area contributed by atoms with E-state index < -0.39 is 73.3 Å². The molecule has 23 heteroatoms. The Morgan fingerprint density at radius 1 is 0.215 bits per heavy atom. The average molecular weight is 1860 g/mol. The topological polar surface area (TPSA) is 98.7 Å². The van der Waals surface area contributed by atoms with Gasteiger partial charge in [0.2, 0.25) is 35.5 Å². The second-order valence-corrected chi connectivity index (χ2v) is 52.0. The Balaban J connectivity index is 0.000000117. The van der Waals surface area contributed by atoms with E-state index in [2.05, 4.69) is 59.6 Å². The zero-order valence-corrected chi connectivity index (χ0v) is 81.7. The van der Waals surface area contributed by atoms with Crippen molar-refractivity contribution >= 4 is 0 Å². The molecule has 28 saturated carbocycles. The second-order valence-electron chi connectivity index (χ2n) is 52.0. The van der Waals surface area contributed by atoms with Gasteiger partial charge in [0.25, 0.3) is 11.8 Å². The van der Waals surface area contributed by atoms with E-state index >= 15 is 0 Å². The summed E-state index contributed by atoms with van der Waals surface area (Å²) >= 11 is 0. The molecule has 0 aromatic carbocycles. The SMILES string of the molecule is CC(F)(F)CC(F)(F)C[N-]CC12CC3CC(CC(C3)C1)C2.CC(F)(F)C[N-]CC12CC3CC(CC(C3)C1)C2.CC([N-]CC(C)(F)F)C12CC3CC(CC(C3)C1)C2.CC([N-]CC(F)(F)CC(C)(F)F)C12CC3CC(CC(C3)C1)C2.CCC(F)(F)C[N-]C(C)C12CC3CC(CC(C3)C1)C2.CCC(F)(F)C[N-]CC12CC3CC(CC(C3)C1)C2.CC[N-]C(C)C12CC3CC(CC(C3)C1)C2. The van der Waals surface area contributed by atoms with Crippen molar-refractivity contribution in [3.8, 4) is 0 Å². The lowest BCUT2D eigenvalue weighted by molar-refractivity contribution is -0.0954. The summed E-state index contributed by atoms with van der Waals surface area (Å²) in [6, 6.07) is 0.739. The molecule has 130 heavy (non-hydrogen) atoms. The molecule has 28 rings (SSSR count). The lowest BCUT2D eigenvalue weighted by Crippen LogP contribution is -2.51. The van der Waals surface area contributed by atoms with E-state index in [0.717, 1.165) is 183 Å². The number of halogens is 16. The molecule has 0 aliphatic heterocycles. The Labute approximate surface area is 774 Å². The minimum Gasteiger partial charge on any atom is -0.660 e. The first-order chi connectivity index (χ1) is 60.7. The first kappa shape index (κ1) is 103. The number of nitrogens with zero attached hydrogens (tertiary/aromatic N) is 7. The van der Waals surface area contributed by atoms with Crippen molar-refractivity contribution in [1.82, 2.24) is 0 Å². The molecule has 28 aliphatic carbocycles. The zero-order valence-electron chi connectivity index (χ0n) is 81.7. The van der Waals surface area contributed by atoms with E-state index in [1.165, 1.54) is 212 Å². The molecule has 0 saturated heterocycles. The highest BCUT2D eigenvalue weighted by Gasteiger charge is 2.58. The van der Waals surface area contributed by atoms with Crippen molar-refractivity contribution in [3.05, 3.63) is 37.2 Å². The highest BCUT2D eigenvalue weighted by molar-refractivity contribution is 5.18. The normalized spacial score (nSPS) is 42.7. The molecule has 0 aromatic rings. The van der Waals surface area contributed by atoms with Crippen molar-refractivity contribution in [1.29, 1.82) is 0 Å². The molecular formula is C107H170F16N7-7. The van der Waals surface area contributed by atoms with Gasteiger partial charge in [-0.3, -0.25) is 0 Å². The van der Waals surface area contributed by atoms with E-state index in [1.54, 1.807) is 33.1 Å². The summed E-state index contributed by atoms with van der Waals surface area (Å²) in [4.78, 5) is 0. The largest absolute Gasteiger partial charge is 0.660 e. The van der Waals surface area contributed by atoms with E-state index in [0.29, 0.717) is 55.8 Å². The van der Waals surface area contributed by atoms with Gasteiger partial charge in [0.1, 0.15) is 0 Å². The summed E-state index contributed by atoms with van der Waals surface area (Å²) in [5.41, 5.74) is 2.01. The fraction of sp³-hybridized carbons (Fsp3) is 1.00. The number of hydrogen-bond acceptors (Lipinski definition) is 0. The Bertz CT molecular complexity index is 3350. The molecule has 28 fully saturated rings. The third-order valence-corrected chi connectivity index (χ3v) is 39.3. The van der Waals surface area contributed by atoms with Gasteiger partial charge < -0.3 is 37.2 Å². The van der Waals surface area contributed by atoms with Crippen molar-refractivity contribution in [2.45, 2.75) is 443 Å². The summed E-state index contributed by atoms with van der Waals surface area (Å²) < 4.78 is 210. The van der Waals surface area contributed by atoms with Gasteiger partial charge in [0, 0.05) is 12.8 Å². The predicted octanol–water partition coefficient (Wildman–Crippen LogP) is 33.4. The van der Waals surface area contributed by atoms with E-state index in [1.807, 2.05) is 6.92 Å². The lowest BCUT2D eigenvalue weighted by Gasteiger charge is -2.62. The van der Waals surface area contributed by atoms with Gasteiger partial charge in [-0.05, 0) is 460 Å². The Morgan fingerprint density at radius 2 is 0.385 bits per heavy atom. The van der Waals surface area contributed by atoms with Crippen molar-refractivity contribution in [2.24, 2.45) is 162 Å². The molecule has 0 amide bonds. The highest BCUT2D eigenvalue weighted by Crippen LogP contribution is 2.69. The molecule has 28 aliphatic rings. The van der Waals surface area contributed by atoms with Crippen molar-refractivity contribution < 1.29 is 70.2 Å². The van der Waals surface area contributed by atoms with Crippen LogP contribution in [0, 0.1) is 162 Å². The first-order valence-electron chi connectivity index (χ1n) is 53.3. The molecule has 28 bridgehead atoms. The van der Waals surface area contributed by atoms with Gasteiger partial charge in [-0.15, -0.1) is 43.8 Å². The molecule has 0 radical (unpaired) electrons. The van der Waals surface area contributed by atoms with E-state index in [-0.39, 0.29) is 78.8 Å². The fourth-order valence-electron chi connectivity index (χ4n) is 36.7. The Kier molecular flexibility index (Phi) is 31.5. The summed E-state index contributed by atoms with van der Waals surface area (Å²) in [6.45, 7) is 17.0. The van der Waals surface area contributed by atoms with Crippen molar-refractivity contribution in [2.75, 3.05) is 65.4 Å². The first-order valence-corrected chi connectivity index (χ1v) is 53.3. The van der Waals surface area contributed by atoms with Gasteiger partial charge >= 0.3 is 0 Å². The van der Waals surface area contributed by atoms with E-state index in [9.17, 15) is 70.2 Å². The average Bonchev–Trinajstić information content (AvgIpc) is 0.708.